The molecule has 8 heteroatoms. The van der Waals surface area contributed by atoms with E-state index in [2.05, 4.69) is 9.88 Å². The molecule has 0 N–H and O–H groups in total. The van der Waals surface area contributed by atoms with Gasteiger partial charge in [0.1, 0.15) is 5.52 Å². The summed E-state index contributed by atoms with van der Waals surface area (Å²) in [6.45, 7) is 2.89. The quantitative estimate of drug-likeness (QED) is 0.460. The molecule has 3 heterocycles. The number of anilines is 1. The number of non-ortho nitro benzene ring substituents is 1. The molecule has 2 aliphatic heterocycles. The van der Waals surface area contributed by atoms with Gasteiger partial charge in [-0.25, -0.2) is 4.98 Å². The van der Waals surface area contributed by atoms with E-state index >= 15 is 0 Å². The summed E-state index contributed by atoms with van der Waals surface area (Å²) in [6.07, 6.45) is 3.65. The number of fused-ring (bicyclic) bond motifs is 1. The van der Waals surface area contributed by atoms with E-state index in [1.807, 2.05) is 24.3 Å². The average Bonchev–Trinajstić information content (AvgIpc) is 3.48. The van der Waals surface area contributed by atoms with Gasteiger partial charge in [-0.05, 0) is 43.9 Å². The number of carbonyl (C=O) groups is 1. The molecule has 5 rings (SSSR count). The fourth-order valence-electron chi connectivity index (χ4n) is 4.61. The maximum absolute atomic E-state index is 13.4. The Morgan fingerprint density at radius 3 is 2.52 bits per heavy atom. The van der Waals surface area contributed by atoms with Gasteiger partial charge in [-0.1, -0.05) is 12.1 Å². The van der Waals surface area contributed by atoms with Gasteiger partial charge in [0.25, 0.3) is 11.6 Å². The first-order valence-electron chi connectivity index (χ1n) is 10.8. The molecule has 3 aromatic rings. The maximum Gasteiger partial charge on any atom is 0.270 e. The summed E-state index contributed by atoms with van der Waals surface area (Å²) >= 11 is 0. The Balaban J connectivity index is 1.35. The first-order chi connectivity index (χ1) is 15.1. The fraction of sp³-hybridized carbons (Fsp3) is 0.391. The Kier molecular flexibility index (Phi) is 5.05. The van der Waals surface area contributed by atoms with E-state index in [0.29, 0.717) is 18.7 Å². The number of aromatic nitrogens is 1. The molecular formula is C23H24N4O4. The van der Waals surface area contributed by atoms with Gasteiger partial charge in [-0.3, -0.25) is 14.9 Å². The molecule has 0 spiro atoms. The van der Waals surface area contributed by atoms with Crippen molar-refractivity contribution in [1.82, 2.24) is 9.88 Å². The Hall–Kier alpha value is -3.42. The molecule has 2 aromatic carbocycles. The monoisotopic (exact) mass is 420 g/mol. The number of rotatable bonds is 4. The van der Waals surface area contributed by atoms with Crippen molar-refractivity contribution >= 4 is 28.4 Å². The van der Waals surface area contributed by atoms with Crippen LogP contribution in [0.3, 0.4) is 0 Å². The Bertz CT molecular complexity index is 1090. The highest BCUT2D eigenvalue weighted by Crippen LogP contribution is 2.33. The smallest absolute Gasteiger partial charge is 0.270 e. The number of benzene rings is 2. The van der Waals surface area contributed by atoms with E-state index in [9.17, 15) is 14.9 Å². The van der Waals surface area contributed by atoms with E-state index in [0.717, 1.165) is 61.5 Å². The van der Waals surface area contributed by atoms with Crippen LogP contribution in [0.1, 0.15) is 47.8 Å². The van der Waals surface area contributed by atoms with Crippen molar-refractivity contribution in [1.29, 1.82) is 0 Å². The molecule has 8 nitrogen and oxygen atoms in total. The fourth-order valence-corrected chi connectivity index (χ4v) is 4.61. The first kappa shape index (κ1) is 19.5. The number of nitrogens with zero attached hydrogens (tertiary/aromatic N) is 4. The summed E-state index contributed by atoms with van der Waals surface area (Å²) in [5.74, 6) is 0.752. The van der Waals surface area contributed by atoms with Gasteiger partial charge in [-0.15, -0.1) is 0 Å². The number of para-hydroxylation sites is 2. The third-order valence-corrected chi connectivity index (χ3v) is 6.31. The lowest BCUT2D eigenvalue weighted by molar-refractivity contribution is -0.384. The van der Waals surface area contributed by atoms with E-state index in [4.69, 9.17) is 4.42 Å². The minimum Gasteiger partial charge on any atom is -0.440 e. The van der Waals surface area contributed by atoms with Crippen molar-refractivity contribution in [3.8, 4) is 0 Å². The molecular weight excluding hydrogens is 396 g/mol. The summed E-state index contributed by atoms with van der Waals surface area (Å²) in [4.78, 5) is 32.8. The molecule has 2 fully saturated rings. The Morgan fingerprint density at radius 2 is 1.81 bits per heavy atom. The van der Waals surface area contributed by atoms with Crippen LogP contribution < -0.4 is 4.90 Å². The van der Waals surface area contributed by atoms with Gasteiger partial charge in [0.05, 0.1) is 16.2 Å². The Labute approximate surface area is 179 Å². The Morgan fingerprint density at radius 1 is 1.06 bits per heavy atom. The third kappa shape index (κ3) is 3.73. The molecule has 0 radical (unpaired) electrons. The second kappa shape index (κ2) is 8.02. The van der Waals surface area contributed by atoms with Crippen molar-refractivity contribution in [3.05, 3.63) is 64.0 Å². The van der Waals surface area contributed by atoms with Crippen molar-refractivity contribution in [2.45, 2.75) is 31.6 Å². The number of amides is 1. The SMILES string of the molecule is O=C(c1cc([N+](=O)[O-])ccc1N1CCCC1)N1CCC(c2nc3ccccc3o2)CC1. The van der Waals surface area contributed by atoms with Gasteiger partial charge in [0.15, 0.2) is 11.5 Å². The van der Waals surface area contributed by atoms with Gasteiger partial charge in [-0.2, -0.15) is 0 Å². The summed E-state index contributed by atoms with van der Waals surface area (Å²) in [5.41, 5.74) is 2.81. The minimum atomic E-state index is -0.440. The van der Waals surface area contributed by atoms with Crippen molar-refractivity contribution in [2.24, 2.45) is 0 Å². The van der Waals surface area contributed by atoms with Crippen molar-refractivity contribution in [2.75, 3.05) is 31.1 Å². The minimum absolute atomic E-state index is 0.0485. The molecule has 0 aliphatic carbocycles. The van der Waals surface area contributed by atoms with Crippen molar-refractivity contribution < 1.29 is 14.1 Å². The molecule has 2 saturated heterocycles. The lowest BCUT2D eigenvalue weighted by Crippen LogP contribution is -2.38. The second-order valence-electron chi connectivity index (χ2n) is 8.24. The predicted molar refractivity (Wildman–Crippen MR) is 116 cm³/mol. The standard InChI is InChI=1S/C23H24N4O4/c28-23(18-15-17(27(29)30)7-8-20(18)25-11-3-4-12-25)26-13-9-16(10-14-26)22-24-19-5-1-2-6-21(19)31-22/h1-2,5-8,15-16H,3-4,9-14H2. The highest BCUT2D eigenvalue weighted by molar-refractivity contribution is 6.00. The lowest BCUT2D eigenvalue weighted by Gasteiger charge is -2.32. The number of piperidine rings is 1. The highest BCUT2D eigenvalue weighted by atomic mass is 16.6. The maximum atomic E-state index is 13.4. The van der Waals surface area contributed by atoms with E-state index in [1.165, 1.54) is 12.1 Å². The summed E-state index contributed by atoms with van der Waals surface area (Å²) in [5, 5.41) is 11.3. The topological polar surface area (TPSA) is 92.7 Å². The molecule has 0 bridgehead atoms. The number of nitro groups is 1. The summed E-state index contributed by atoms with van der Waals surface area (Å²) < 4.78 is 5.92. The van der Waals surface area contributed by atoms with Crippen LogP contribution in [-0.2, 0) is 0 Å². The zero-order chi connectivity index (χ0) is 21.4. The molecule has 0 saturated carbocycles. The van der Waals surface area contributed by atoms with Crippen LogP contribution in [0, 0.1) is 10.1 Å². The van der Waals surface area contributed by atoms with Gasteiger partial charge >= 0.3 is 0 Å². The van der Waals surface area contributed by atoms with Gasteiger partial charge in [0.2, 0.25) is 0 Å². The van der Waals surface area contributed by atoms with Crippen LogP contribution in [0.25, 0.3) is 11.1 Å². The number of hydrogen-bond donors (Lipinski definition) is 0. The number of carbonyl (C=O) groups excluding carboxylic acids is 1. The number of nitro benzene ring substituents is 1. The third-order valence-electron chi connectivity index (χ3n) is 6.31. The van der Waals surface area contributed by atoms with Crippen LogP contribution in [0.5, 0.6) is 0 Å². The molecule has 2 aliphatic rings. The molecule has 1 amide bonds. The summed E-state index contributed by atoms with van der Waals surface area (Å²) in [6, 6.07) is 12.4. The van der Waals surface area contributed by atoms with Gasteiger partial charge < -0.3 is 14.2 Å². The molecule has 1 aromatic heterocycles. The molecule has 0 atom stereocenters. The normalized spacial score (nSPS) is 17.4. The molecule has 160 valence electrons. The average molecular weight is 420 g/mol. The van der Waals surface area contributed by atoms with Crippen molar-refractivity contribution in [3.63, 3.8) is 0 Å². The zero-order valence-electron chi connectivity index (χ0n) is 17.2. The number of oxazole rings is 1. The number of hydrogen-bond acceptors (Lipinski definition) is 6. The molecule has 31 heavy (non-hydrogen) atoms. The van der Waals surface area contributed by atoms with Crippen LogP contribution in [0.4, 0.5) is 11.4 Å². The largest absolute Gasteiger partial charge is 0.440 e. The highest BCUT2D eigenvalue weighted by Gasteiger charge is 2.30. The van der Waals surface area contributed by atoms with Crippen LogP contribution in [0.2, 0.25) is 0 Å². The molecule has 0 unspecified atom stereocenters. The summed E-state index contributed by atoms with van der Waals surface area (Å²) in [7, 11) is 0. The van der Waals surface area contributed by atoms with Crippen LogP contribution >= 0.6 is 0 Å². The first-order valence-corrected chi connectivity index (χ1v) is 10.8. The number of likely N-dealkylation sites (tertiary alicyclic amines) is 1. The predicted octanol–water partition coefficient (Wildman–Crippen LogP) is 4.36. The zero-order valence-corrected chi connectivity index (χ0v) is 17.2. The van der Waals surface area contributed by atoms with E-state index < -0.39 is 4.92 Å². The van der Waals surface area contributed by atoms with Crippen LogP contribution in [0.15, 0.2) is 46.9 Å². The van der Waals surface area contributed by atoms with E-state index in [1.54, 1.807) is 11.0 Å². The van der Waals surface area contributed by atoms with Crippen LogP contribution in [-0.4, -0.2) is 46.9 Å². The van der Waals surface area contributed by atoms with Gasteiger partial charge in [0, 0.05) is 44.2 Å². The lowest BCUT2D eigenvalue weighted by atomic mass is 9.96. The second-order valence-corrected chi connectivity index (χ2v) is 8.24. The van der Waals surface area contributed by atoms with E-state index in [-0.39, 0.29) is 17.5 Å².